The maximum Gasteiger partial charge on any atom is 0.251 e. The van der Waals surface area contributed by atoms with Crippen molar-refractivity contribution in [2.24, 2.45) is 11.5 Å². The van der Waals surface area contributed by atoms with Gasteiger partial charge in [0, 0.05) is 24.1 Å². The zero-order chi connectivity index (χ0) is 13.5. The van der Waals surface area contributed by atoms with Crippen LogP contribution in [0.4, 0.5) is 0 Å². The van der Waals surface area contributed by atoms with Crippen molar-refractivity contribution in [1.82, 2.24) is 5.32 Å². The van der Waals surface area contributed by atoms with E-state index in [0.29, 0.717) is 23.5 Å². The molecule has 6 heteroatoms. The number of benzene rings is 1. The molecule has 0 unspecified atom stereocenters. The summed E-state index contributed by atoms with van der Waals surface area (Å²) in [5.74, 6) is -0.570. The van der Waals surface area contributed by atoms with E-state index >= 15 is 0 Å². The van der Waals surface area contributed by atoms with Gasteiger partial charge in [0.1, 0.15) is 4.99 Å². The van der Waals surface area contributed by atoms with E-state index in [2.05, 4.69) is 5.32 Å². The molecule has 0 saturated heterocycles. The van der Waals surface area contributed by atoms with Gasteiger partial charge in [-0.05, 0) is 18.6 Å². The molecule has 1 aromatic rings. The summed E-state index contributed by atoms with van der Waals surface area (Å²) in [5, 5.41) is 2.69. The quantitative estimate of drug-likeness (QED) is 0.509. The zero-order valence-electron chi connectivity index (χ0n) is 9.81. The van der Waals surface area contributed by atoms with E-state index in [9.17, 15) is 9.59 Å². The third kappa shape index (κ3) is 4.50. The molecule has 1 rings (SSSR count). The van der Waals surface area contributed by atoms with Gasteiger partial charge in [-0.3, -0.25) is 9.59 Å². The van der Waals surface area contributed by atoms with Crippen molar-refractivity contribution in [3.63, 3.8) is 0 Å². The molecular weight excluding hydrogens is 250 g/mol. The number of nitrogens with one attached hydrogen (secondary N) is 1. The highest BCUT2D eigenvalue weighted by Crippen LogP contribution is 2.04. The lowest BCUT2D eigenvalue weighted by atomic mass is 10.1. The smallest absolute Gasteiger partial charge is 0.251 e. The van der Waals surface area contributed by atoms with Crippen LogP contribution in [-0.4, -0.2) is 23.3 Å². The van der Waals surface area contributed by atoms with Crippen LogP contribution in [0.25, 0.3) is 0 Å². The molecular formula is C12H15N3O2S. The molecule has 0 bridgehead atoms. The molecule has 0 fully saturated rings. The second-order valence-electron chi connectivity index (χ2n) is 3.77. The minimum absolute atomic E-state index is 0.200. The van der Waals surface area contributed by atoms with Crippen LogP contribution in [-0.2, 0) is 4.79 Å². The minimum Gasteiger partial charge on any atom is -0.389 e. The standard InChI is InChI=1S/C12H15N3O2S/c13-10(16)2-1-7-15-12(17)9-5-3-8(4-6-9)11(14)18/h3-6H,1-2,7H2,(H2,13,16)(H2,14,18)(H,15,17). The van der Waals surface area contributed by atoms with E-state index in [-0.39, 0.29) is 18.2 Å². The number of nitrogens with two attached hydrogens (primary N) is 2. The maximum absolute atomic E-state index is 11.7. The van der Waals surface area contributed by atoms with Crippen LogP contribution in [0, 0.1) is 0 Å². The average molecular weight is 265 g/mol. The summed E-state index contributed by atoms with van der Waals surface area (Å²) in [6.45, 7) is 0.416. The third-order valence-electron chi connectivity index (χ3n) is 2.32. The van der Waals surface area contributed by atoms with Crippen molar-refractivity contribution in [1.29, 1.82) is 0 Å². The molecule has 0 spiro atoms. The molecule has 1 aromatic carbocycles. The molecule has 2 amide bonds. The maximum atomic E-state index is 11.7. The summed E-state index contributed by atoms with van der Waals surface area (Å²) < 4.78 is 0. The van der Waals surface area contributed by atoms with Crippen LogP contribution < -0.4 is 16.8 Å². The Bertz CT molecular complexity index is 457. The van der Waals surface area contributed by atoms with E-state index in [1.54, 1.807) is 24.3 Å². The monoisotopic (exact) mass is 265 g/mol. The Kier molecular flexibility index (Phi) is 5.26. The Morgan fingerprint density at radius 3 is 2.17 bits per heavy atom. The normalized spacial score (nSPS) is 9.78. The molecule has 96 valence electrons. The lowest BCUT2D eigenvalue weighted by Crippen LogP contribution is -2.25. The van der Waals surface area contributed by atoms with Crippen molar-refractivity contribution in [3.8, 4) is 0 Å². The highest BCUT2D eigenvalue weighted by atomic mass is 32.1. The first kappa shape index (κ1) is 14.1. The molecule has 0 aromatic heterocycles. The van der Waals surface area contributed by atoms with E-state index in [1.807, 2.05) is 0 Å². The first-order valence-electron chi connectivity index (χ1n) is 5.47. The molecule has 0 radical (unpaired) electrons. The molecule has 18 heavy (non-hydrogen) atoms. The van der Waals surface area contributed by atoms with Gasteiger partial charge in [0.05, 0.1) is 0 Å². The van der Waals surface area contributed by atoms with Crippen LogP contribution in [0.3, 0.4) is 0 Å². The summed E-state index contributed by atoms with van der Waals surface area (Å²) in [7, 11) is 0. The first-order chi connectivity index (χ1) is 8.50. The Hall–Kier alpha value is -1.95. The van der Waals surface area contributed by atoms with Gasteiger partial charge in [-0.2, -0.15) is 0 Å². The van der Waals surface area contributed by atoms with Gasteiger partial charge in [-0.25, -0.2) is 0 Å². The van der Waals surface area contributed by atoms with Crippen molar-refractivity contribution in [2.75, 3.05) is 6.54 Å². The average Bonchev–Trinajstić information content (AvgIpc) is 2.34. The van der Waals surface area contributed by atoms with Gasteiger partial charge in [-0.15, -0.1) is 0 Å². The number of primary amides is 1. The van der Waals surface area contributed by atoms with Gasteiger partial charge in [0.2, 0.25) is 5.91 Å². The lowest BCUT2D eigenvalue weighted by Gasteiger charge is -2.05. The van der Waals surface area contributed by atoms with Crippen LogP contribution in [0.2, 0.25) is 0 Å². The number of thiocarbonyl (C=S) groups is 1. The zero-order valence-corrected chi connectivity index (χ0v) is 10.6. The number of carbonyl (C=O) groups is 2. The lowest BCUT2D eigenvalue weighted by molar-refractivity contribution is -0.118. The fraction of sp³-hybridized carbons (Fsp3) is 0.250. The van der Waals surface area contributed by atoms with Crippen LogP contribution >= 0.6 is 12.2 Å². The van der Waals surface area contributed by atoms with Crippen molar-refractivity contribution >= 4 is 29.0 Å². The second kappa shape index (κ2) is 6.70. The van der Waals surface area contributed by atoms with Crippen LogP contribution in [0.1, 0.15) is 28.8 Å². The van der Waals surface area contributed by atoms with E-state index in [0.717, 1.165) is 5.56 Å². The Labute approximate surface area is 111 Å². The first-order valence-corrected chi connectivity index (χ1v) is 5.88. The second-order valence-corrected chi connectivity index (χ2v) is 4.21. The summed E-state index contributed by atoms with van der Waals surface area (Å²) in [6, 6.07) is 6.69. The molecule has 0 aliphatic rings. The van der Waals surface area contributed by atoms with E-state index < -0.39 is 0 Å². The Balaban J connectivity index is 2.46. The highest BCUT2D eigenvalue weighted by molar-refractivity contribution is 7.80. The predicted octanol–water partition coefficient (Wildman–Crippen LogP) is 0.316. The minimum atomic E-state index is -0.370. The van der Waals surface area contributed by atoms with Crippen LogP contribution in [0.5, 0.6) is 0 Å². The number of hydrogen-bond acceptors (Lipinski definition) is 3. The number of hydrogen-bond donors (Lipinski definition) is 3. The van der Waals surface area contributed by atoms with Crippen molar-refractivity contribution in [2.45, 2.75) is 12.8 Å². The SMILES string of the molecule is NC(=O)CCCNC(=O)c1ccc(C(N)=S)cc1. The van der Waals surface area contributed by atoms with Gasteiger partial charge in [0.15, 0.2) is 0 Å². The summed E-state index contributed by atoms with van der Waals surface area (Å²) >= 11 is 4.81. The van der Waals surface area contributed by atoms with Crippen molar-refractivity contribution in [3.05, 3.63) is 35.4 Å². The van der Waals surface area contributed by atoms with Gasteiger partial charge in [0.25, 0.3) is 5.91 Å². The molecule has 0 saturated carbocycles. The van der Waals surface area contributed by atoms with E-state index in [4.69, 9.17) is 23.7 Å². The largest absolute Gasteiger partial charge is 0.389 e. The third-order valence-corrected chi connectivity index (χ3v) is 2.55. The molecule has 0 atom stereocenters. The van der Waals surface area contributed by atoms with E-state index in [1.165, 1.54) is 0 Å². The van der Waals surface area contributed by atoms with Gasteiger partial charge in [-0.1, -0.05) is 24.4 Å². The van der Waals surface area contributed by atoms with Crippen LogP contribution in [0.15, 0.2) is 24.3 Å². The predicted molar refractivity (Wildman–Crippen MR) is 73.1 cm³/mol. The topological polar surface area (TPSA) is 98.2 Å². The molecule has 0 heterocycles. The molecule has 5 nitrogen and oxygen atoms in total. The fourth-order valence-electron chi connectivity index (χ4n) is 1.35. The van der Waals surface area contributed by atoms with Gasteiger partial charge < -0.3 is 16.8 Å². The summed E-state index contributed by atoms with van der Waals surface area (Å²) in [4.78, 5) is 22.5. The Morgan fingerprint density at radius 2 is 1.67 bits per heavy atom. The Morgan fingerprint density at radius 1 is 1.11 bits per heavy atom. The number of rotatable bonds is 6. The van der Waals surface area contributed by atoms with Crippen molar-refractivity contribution < 1.29 is 9.59 Å². The fourth-order valence-corrected chi connectivity index (χ4v) is 1.49. The molecule has 0 aliphatic carbocycles. The summed E-state index contributed by atoms with van der Waals surface area (Å²) in [5.41, 5.74) is 11.7. The number of carbonyl (C=O) groups excluding carboxylic acids is 2. The van der Waals surface area contributed by atoms with Gasteiger partial charge >= 0.3 is 0 Å². The summed E-state index contributed by atoms with van der Waals surface area (Å²) in [6.07, 6.45) is 0.798. The molecule has 0 aliphatic heterocycles. The number of amides is 2. The highest BCUT2D eigenvalue weighted by Gasteiger charge is 2.05. The molecule has 5 N–H and O–H groups in total.